The molecule has 0 radical (unpaired) electrons. The summed E-state index contributed by atoms with van der Waals surface area (Å²) in [5, 5.41) is 17.8. The molecule has 0 bridgehead atoms. The number of likely N-dealkylation sites (N-methyl/N-ethyl adjacent to an activating group) is 1. The molecule has 4 nitrogen and oxygen atoms in total. The average Bonchev–Trinajstić information content (AvgIpc) is 1.94. The van der Waals surface area contributed by atoms with E-state index in [1.54, 1.807) is 11.9 Å². The summed E-state index contributed by atoms with van der Waals surface area (Å²) in [5.41, 5.74) is 0. The number of carbonyl (C=O) groups is 1. The Morgan fingerprint density at radius 2 is 2.27 bits per heavy atom. The summed E-state index contributed by atoms with van der Waals surface area (Å²) >= 11 is 0. The number of carboxylic acids is 1. The molecular formula is C7H13NO3. The third kappa shape index (κ3) is 1.91. The molecule has 4 heteroatoms. The first-order valence-electron chi connectivity index (χ1n) is 3.72. The highest BCUT2D eigenvalue weighted by molar-refractivity contribution is 5.73. The van der Waals surface area contributed by atoms with Crippen LogP contribution in [0.4, 0.5) is 0 Å². The van der Waals surface area contributed by atoms with Crippen LogP contribution in [0.5, 0.6) is 0 Å². The first-order chi connectivity index (χ1) is 5.11. The number of piperidine rings is 1. The molecule has 1 fully saturated rings. The van der Waals surface area contributed by atoms with E-state index in [0.29, 0.717) is 19.4 Å². The fourth-order valence-corrected chi connectivity index (χ4v) is 1.35. The van der Waals surface area contributed by atoms with Gasteiger partial charge in [-0.15, -0.1) is 0 Å². The van der Waals surface area contributed by atoms with Crippen molar-refractivity contribution in [3.05, 3.63) is 0 Å². The maximum atomic E-state index is 10.6. The third-order valence-corrected chi connectivity index (χ3v) is 2.13. The molecule has 1 rings (SSSR count). The summed E-state index contributed by atoms with van der Waals surface area (Å²) in [6.07, 6.45) is 0.596. The van der Waals surface area contributed by atoms with Gasteiger partial charge < -0.3 is 10.2 Å². The summed E-state index contributed by atoms with van der Waals surface area (Å²) in [4.78, 5) is 12.3. The molecule has 0 spiro atoms. The fourth-order valence-electron chi connectivity index (χ4n) is 1.35. The molecule has 0 saturated carbocycles. The van der Waals surface area contributed by atoms with Gasteiger partial charge in [0.05, 0.1) is 6.10 Å². The second kappa shape index (κ2) is 3.19. The van der Waals surface area contributed by atoms with Crippen LogP contribution >= 0.6 is 0 Å². The van der Waals surface area contributed by atoms with Crippen LogP contribution in [-0.4, -0.2) is 46.8 Å². The second-order valence-electron chi connectivity index (χ2n) is 3.01. The van der Waals surface area contributed by atoms with E-state index in [1.807, 2.05) is 0 Å². The van der Waals surface area contributed by atoms with Gasteiger partial charge in [-0.25, -0.2) is 0 Å². The van der Waals surface area contributed by atoms with Crippen LogP contribution in [-0.2, 0) is 4.79 Å². The number of hydrogen-bond acceptors (Lipinski definition) is 3. The molecule has 0 aliphatic carbocycles. The highest BCUT2D eigenvalue weighted by atomic mass is 16.4. The van der Waals surface area contributed by atoms with Crippen LogP contribution in [0.25, 0.3) is 0 Å². The predicted octanol–water partition coefficient (Wildman–Crippen LogP) is -0.474. The lowest BCUT2D eigenvalue weighted by Gasteiger charge is -2.31. The SMILES string of the molecule is CN1CCC(O)CC1C(=O)O. The van der Waals surface area contributed by atoms with E-state index in [2.05, 4.69) is 0 Å². The van der Waals surface area contributed by atoms with Crippen LogP contribution in [0.1, 0.15) is 12.8 Å². The van der Waals surface area contributed by atoms with Crippen molar-refractivity contribution < 1.29 is 15.0 Å². The van der Waals surface area contributed by atoms with E-state index in [4.69, 9.17) is 10.2 Å². The van der Waals surface area contributed by atoms with Crippen molar-refractivity contribution in [2.45, 2.75) is 25.0 Å². The molecule has 0 amide bonds. The molecule has 2 atom stereocenters. The Bertz CT molecular complexity index is 160. The quantitative estimate of drug-likeness (QED) is 0.543. The van der Waals surface area contributed by atoms with Gasteiger partial charge in [-0.3, -0.25) is 9.69 Å². The lowest BCUT2D eigenvalue weighted by molar-refractivity contribution is -0.145. The molecule has 2 unspecified atom stereocenters. The van der Waals surface area contributed by atoms with E-state index >= 15 is 0 Å². The number of carboxylic acid groups (broad SMARTS) is 1. The van der Waals surface area contributed by atoms with Crippen LogP contribution in [0.2, 0.25) is 0 Å². The van der Waals surface area contributed by atoms with Crippen molar-refractivity contribution in [1.82, 2.24) is 4.90 Å². The Kier molecular flexibility index (Phi) is 2.46. The van der Waals surface area contributed by atoms with Gasteiger partial charge in [0.1, 0.15) is 6.04 Å². The van der Waals surface area contributed by atoms with E-state index in [-0.39, 0.29) is 0 Å². The number of aliphatic hydroxyl groups excluding tert-OH is 1. The minimum Gasteiger partial charge on any atom is -0.480 e. The predicted molar refractivity (Wildman–Crippen MR) is 39.3 cm³/mol. The summed E-state index contributed by atoms with van der Waals surface area (Å²) in [7, 11) is 1.77. The summed E-state index contributed by atoms with van der Waals surface area (Å²) in [6, 6.07) is -0.501. The summed E-state index contributed by atoms with van der Waals surface area (Å²) in [6.45, 7) is 0.665. The molecule has 0 aromatic heterocycles. The Morgan fingerprint density at radius 1 is 1.64 bits per heavy atom. The molecule has 0 aromatic carbocycles. The maximum Gasteiger partial charge on any atom is 0.321 e. The van der Waals surface area contributed by atoms with Crippen molar-refractivity contribution in [3.8, 4) is 0 Å². The van der Waals surface area contributed by atoms with Crippen LogP contribution in [0.15, 0.2) is 0 Å². The van der Waals surface area contributed by atoms with E-state index in [0.717, 1.165) is 0 Å². The lowest BCUT2D eigenvalue weighted by Crippen LogP contribution is -2.46. The highest BCUT2D eigenvalue weighted by Gasteiger charge is 2.29. The zero-order valence-corrected chi connectivity index (χ0v) is 6.53. The van der Waals surface area contributed by atoms with Crippen molar-refractivity contribution in [2.75, 3.05) is 13.6 Å². The van der Waals surface area contributed by atoms with Gasteiger partial charge in [-0.2, -0.15) is 0 Å². The smallest absolute Gasteiger partial charge is 0.321 e. The van der Waals surface area contributed by atoms with Crippen molar-refractivity contribution in [1.29, 1.82) is 0 Å². The van der Waals surface area contributed by atoms with Gasteiger partial charge in [-0.05, 0) is 19.9 Å². The molecule has 1 aliphatic rings. The first kappa shape index (κ1) is 8.49. The Morgan fingerprint density at radius 3 is 2.73 bits per heavy atom. The zero-order valence-electron chi connectivity index (χ0n) is 6.53. The van der Waals surface area contributed by atoms with Gasteiger partial charge >= 0.3 is 5.97 Å². The molecule has 1 saturated heterocycles. The largest absolute Gasteiger partial charge is 0.480 e. The van der Waals surface area contributed by atoms with Crippen molar-refractivity contribution in [2.24, 2.45) is 0 Å². The van der Waals surface area contributed by atoms with Crippen LogP contribution in [0.3, 0.4) is 0 Å². The Labute approximate surface area is 65.4 Å². The normalized spacial score (nSPS) is 33.6. The molecule has 64 valence electrons. The average molecular weight is 159 g/mol. The zero-order chi connectivity index (χ0) is 8.43. The van der Waals surface area contributed by atoms with Crippen molar-refractivity contribution >= 4 is 5.97 Å². The highest BCUT2D eigenvalue weighted by Crippen LogP contribution is 2.15. The van der Waals surface area contributed by atoms with Gasteiger partial charge in [0.2, 0.25) is 0 Å². The summed E-state index contributed by atoms with van der Waals surface area (Å²) in [5.74, 6) is -0.841. The van der Waals surface area contributed by atoms with Gasteiger partial charge in [0.25, 0.3) is 0 Å². The minimum atomic E-state index is -0.841. The number of rotatable bonds is 1. The fraction of sp³-hybridized carbons (Fsp3) is 0.857. The minimum absolute atomic E-state index is 0.353. The third-order valence-electron chi connectivity index (χ3n) is 2.13. The number of likely N-dealkylation sites (tertiary alicyclic amines) is 1. The molecular weight excluding hydrogens is 146 g/mol. The van der Waals surface area contributed by atoms with Crippen LogP contribution < -0.4 is 0 Å². The monoisotopic (exact) mass is 159 g/mol. The van der Waals surface area contributed by atoms with E-state index in [9.17, 15) is 4.79 Å². The maximum absolute atomic E-state index is 10.6. The second-order valence-corrected chi connectivity index (χ2v) is 3.01. The summed E-state index contributed by atoms with van der Waals surface area (Å²) < 4.78 is 0. The molecule has 1 heterocycles. The Hall–Kier alpha value is -0.610. The van der Waals surface area contributed by atoms with Crippen LogP contribution in [0, 0.1) is 0 Å². The topological polar surface area (TPSA) is 60.8 Å². The van der Waals surface area contributed by atoms with Gasteiger partial charge in [0, 0.05) is 6.54 Å². The molecule has 2 N–H and O–H groups in total. The lowest BCUT2D eigenvalue weighted by atomic mass is 10.0. The molecule has 11 heavy (non-hydrogen) atoms. The Balaban J connectivity index is 2.54. The number of aliphatic hydroxyl groups is 1. The number of hydrogen-bond donors (Lipinski definition) is 2. The van der Waals surface area contributed by atoms with E-state index < -0.39 is 18.1 Å². The number of nitrogens with zero attached hydrogens (tertiary/aromatic N) is 1. The van der Waals surface area contributed by atoms with E-state index in [1.165, 1.54) is 0 Å². The first-order valence-corrected chi connectivity index (χ1v) is 3.72. The van der Waals surface area contributed by atoms with Gasteiger partial charge in [0.15, 0.2) is 0 Å². The van der Waals surface area contributed by atoms with Gasteiger partial charge in [-0.1, -0.05) is 0 Å². The molecule has 0 aromatic rings. The standard InChI is InChI=1S/C7H13NO3/c1-8-3-2-5(9)4-6(8)7(10)11/h5-6,9H,2-4H2,1H3,(H,10,11). The molecule has 1 aliphatic heterocycles. The van der Waals surface area contributed by atoms with Crippen molar-refractivity contribution in [3.63, 3.8) is 0 Å². The number of aliphatic carboxylic acids is 1.